The molecule has 0 aliphatic rings. The molecule has 0 fully saturated rings. The molecule has 0 saturated heterocycles. The lowest BCUT2D eigenvalue weighted by Crippen LogP contribution is -2.49. The van der Waals surface area contributed by atoms with Crippen molar-refractivity contribution in [3.63, 3.8) is 0 Å². The summed E-state index contributed by atoms with van der Waals surface area (Å²) < 4.78 is 0. The van der Waals surface area contributed by atoms with E-state index in [9.17, 15) is 9.59 Å². The van der Waals surface area contributed by atoms with Crippen LogP contribution in [-0.2, 0) is 4.79 Å². The van der Waals surface area contributed by atoms with Gasteiger partial charge in [0.05, 0.1) is 21.9 Å². The second-order valence-corrected chi connectivity index (χ2v) is 6.81. The van der Waals surface area contributed by atoms with E-state index in [1.165, 1.54) is 18.0 Å². The summed E-state index contributed by atoms with van der Waals surface area (Å²) in [6.07, 6.45) is 1.51. The van der Waals surface area contributed by atoms with Gasteiger partial charge in [-0.2, -0.15) is 5.26 Å². The molecular weight excluding hydrogens is 288 g/mol. The SMILES string of the molecule is CC(Sc1cc(C#N)ccn1)C(=O)NC(=O)NC(C)(C)C. The van der Waals surface area contributed by atoms with Gasteiger partial charge >= 0.3 is 6.03 Å². The average molecular weight is 306 g/mol. The number of aromatic nitrogens is 1. The van der Waals surface area contributed by atoms with Gasteiger partial charge in [0, 0.05) is 11.7 Å². The number of rotatable bonds is 3. The van der Waals surface area contributed by atoms with Gasteiger partial charge in [-0.15, -0.1) is 0 Å². The predicted octanol–water partition coefficient (Wildman–Crippen LogP) is 2.06. The summed E-state index contributed by atoms with van der Waals surface area (Å²) in [6.45, 7) is 7.15. The van der Waals surface area contributed by atoms with Crippen LogP contribution in [0, 0.1) is 11.3 Å². The van der Waals surface area contributed by atoms with E-state index < -0.39 is 22.7 Å². The zero-order chi connectivity index (χ0) is 16.0. The van der Waals surface area contributed by atoms with Crippen LogP contribution in [-0.4, -0.2) is 27.7 Å². The van der Waals surface area contributed by atoms with Crippen LogP contribution in [0.1, 0.15) is 33.3 Å². The fraction of sp³-hybridized carbons (Fsp3) is 0.429. The van der Waals surface area contributed by atoms with E-state index in [1.807, 2.05) is 26.8 Å². The van der Waals surface area contributed by atoms with Crippen LogP contribution in [0.5, 0.6) is 0 Å². The Labute approximate surface area is 128 Å². The summed E-state index contributed by atoms with van der Waals surface area (Å²) in [6, 6.07) is 4.67. The average Bonchev–Trinajstić information content (AvgIpc) is 2.36. The molecule has 0 aromatic carbocycles. The molecule has 0 spiro atoms. The van der Waals surface area contributed by atoms with Crippen LogP contribution in [0.3, 0.4) is 0 Å². The van der Waals surface area contributed by atoms with E-state index in [-0.39, 0.29) is 0 Å². The fourth-order valence-electron chi connectivity index (χ4n) is 1.36. The molecule has 0 bridgehead atoms. The molecule has 1 atom stereocenters. The number of nitrogens with zero attached hydrogens (tertiary/aromatic N) is 2. The van der Waals surface area contributed by atoms with E-state index in [4.69, 9.17) is 5.26 Å². The van der Waals surface area contributed by atoms with Crippen LogP contribution in [0.2, 0.25) is 0 Å². The maximum Gasteiger partial charge on any atom is 0.321 e. The monoisotopic (exact) mass is 306 g/mol. The zero-order valence-electron chi connectivity index (χ0n) is 12.4. The molecule has 21 heavy (non-hydrogen) atoms. The fourth-order valence-corrected chi connectivity index (χ4v) is 2.21. The molecule has 6 nitrogen and oxygen atoms in total. The summed E-state index contributed by atoms with van der Waals surface area (Å²) in [4.78, 5) is 27.6. The molecule has 0 saturated carbocycles. The smallest absolute Gasteiger partial charge is 0.321 e. The van der Waals surface area contributed by atoms with E-state index >= 15 is 0 Å². The first-order valence-electron chi connectivity index (χ1n) is 6.37. The third kappa shape index (κ3) is 6.27. The molecule has 2 N–H and O–H groups in total. The number of nitriles is 1. The van der Waals surface area contributed by atoms with E-state index in [0.717, 1.165) is 0 Å². The third-order valence-corrected chi connectivity index (χ3v) is 3.29. The largest absolute Gasteiger partial charge is 0.333 e. The Morgan fingerprint density at radius 2 is 2.10 bits per heavy atom. The quantitative estimate of drug-likeness (QED) is 0.833. The van der Waals surface area contributed by atoms with Crippen LogP contribution >= 0.6 is 11.8 Å². The standard InChI is InChI=1S/C14H18N4O2S/c1-9(12(19)17-13(20)18-14(2,3)4)21-11-7-10(8-15)5-6-16-11/h5-7,9H,1-4H3,(H2,17,18,19,20). The van der Waals surface area contributed by atoms with Crippen molar-refractivity contribution in [1.82, 2.24) is 15.6 Å². The van der Waals surface area contributed by atoms with E-state index in [0.29, 0.717) is 10.6 Å². The molecule has 0 radical (unpaired) electrons. The van der Waals surface area contributed by atoms with Crippen molar-refractivity contribution in [2.75, 3.05) is 0 Å². The second kappa shape index (κ2) is 7.09. The number of nitrogens with one attached hydrogen (secondary N) is 2. The first kappa shape index (κ1) is 17.0. The number of amides is 3. The Morgan fingerprint density at radius 1 is 1.43 bits per heavy atom. The summed E-state index contributed by atoms with van der Waals surface area (Å²) in [5.41, 5.74) is 0.0641. The highest BCUT2D eigenvalue weighted by Crippen LogP contribution is 2.21. The molecular formula is C14H18N4O2S. The molecule has 112 valence electrons. The van der Waals surface area contributed by atoms with Gasteiger partial charge < -0.3 is 5.32 Å². The predicted molar refractivity (Wildman–Crippen MR) is 80.7 cm³/mol. The van der Waals surface area contributed by atoms with Crippen molar-refractivity contribution in [2.45, 2.75) is 43.5 Å². The maximum atomic E-state index is 11.9. The van der Waals surface area contributed by atoms with Crippen molar-refractivity contribution in [3.05, 3.63) is 23.9 Å². The maximum absolute atomic E-state index is 11.9. The van der Waals surface area contributed by atoms with Crippen LogP contribution in [0.25, 0.3) is 0 Å². The number of hydrogen-bond donors (Lipinski definition) is 2. The van der Waals surface area contributed by atoms with Gasteiger partial charge in [0.25, 0.3) is 0 Å². The lowest BCUT2D eigenvalue weighted by molar-refractivity contribution is -0.119. The Balaban J connectivity index is 2.59. The van der Waals surface area contributed by atoms with Gasteiger partial charge in [0.2, 0.25) is 5.91 Å². The van der Waals surface area contributed by atoms with Crippen molar-refractivity contribution in [2.24, 2.45) is 0 Å². The van der Waals surface area contributed by atoms with Gasteiger partial charge in [0.15, 0.2) is 0 Å². The molecule has 7 heteroatoms. The molecule has 3 amide bonds. The minimum atomic E-state index is -0.529. The number of imide groups is 1. The van der Waals surface area contributed by atoms with E-state index in [1.54, 1.807) is 19.1 Å². The van der Waals surface area contributed by atoms with Crippen LogP contribution < -0.4 is 10.6 Å². The van der Waals surface area contributed by atoms with Crippen molar-refractivity contribution < 1.29 is 9.59 Å². The Kier molecular flexibility index (Phi) is 5.73. The first-order valence-corrected chi connectivity index (χ1v) is 7.25. The Morgan fingerprint density at radius 3 is 2.67 bits per heavy atom. The molecule has 0 aliphatic carbocycles. The van der Waals surface area contributed by atoms with Crippen molar-refractivity contribution in [1.29, 1.82) is 5.26 Å². The summed E-state index contributed by atoms with van der Waals surface area (Å²) in [5, 5.41) is 13.8. The van der Waals surface area contributed by atoms with Gasteiger partial charge in [-0.1, -0.05) is 11.8 Å². The third-order valence-electron chi connectivity index (χ3n) is 2.26. The molecule has 1 aromatic heterocycles. The highest BCUT2D eigenvalue weighted by molar-refractivity contribution is 8.00. The summed E-state index contributed by atoms with van der Waals surface area (Å²) in [5.74, 6) is -0.411. The van der Waals surface area contributed by atoms with Crippen molar-refractivity contribution >= 4 is 23.7 Å². The Bertz CT molecular complexity index is 575. The zero-order valence-corrected chi connectivity index (χ0v) is 13.2. The van der Waals surface area contributed by atoms with Gasteiger partial charge in [-0.25, -0.2) is 9.78 Å². The minimum Gasteiger partial charge on any atom is -0.333 e. The first-order chi connectivity index (χ1) is 9.71. The number of urea groups is 1. The molecule has 1 heterocycles. The van der Waals surface area contributed by atoms with Crippen LogP contribution in [0.4, 0.5) is 4.79 Å². The van der Waals surface area contributed by atoms with E-state index in [2.05, 4.69) is 15.6 Å². The highest BCUT2D eigenvalue weighted by atomic mass is 32.2. The highest BCUT2D eigenvalue weighted by Gasteiger charge is 2.20. The molecule has 1 rings (SSSR count). The summed E-state index contributed by atoms with van der Waals surface area (Å²) >= 11 is 1.19. The van der Waals surface area contributed by atoms with Gasteiger partial charge in [0.1, 0.15) is 0 Å². The van der Waals surface area contributed by atoms with Crippen LogP contribution in [0.15, 0.2) is 23.4 Å². The minimum absolute atomic E-state index is 0.411. The number of hydrogen-bond acceptors (Lipinski definition) is 5. The lowest BCUT2D eigenvalue weighted by atomic mass is 10.1. The summed E-state index contributed by atoms with van der Waals surface area (Å²) in [7, 11) is 0. The number of carbonyl (C=O) groups excluding carboxylic acids is 2. The topological polar surface area (TPSA) is 94.9 Å². The van der Waals surface area contributed by atoms with Gasteiger partial charge in [-0.3, -0.25) is 10.1 Å². The second-order valence-electron chi connectivity index (χ2n) is 5.45. The normalized spacial score (nSPS) is 12.1. The molecule has 0 aliphatic heterocycles. The molecule has 1 aromatic rings. The number of carbonyl (C=O) groups is 2. The number of pyridine rings is 1. The number of thioether (sulfide) groups is 1. The Hall–Kier alpha value is -2.07. The van der Waals surface area contributed by atoms with Crippen molar-refractivity contribution in [3.8, 4) is 6.07 Å². The van der Waals surface area contributed by atoms with Gasteiger partial charge in [-0.05, 0) is 39.8 Å². The molecule has 1 unspecified atom stereocenters. The lowest BCUT2D eigenvalue weighted by Gasteiger charge is -2.21.